The maximum atomic E-state index is 12.8. The summed E-state index contributed by atoms with van der Waals surface area (Å²) in [6.45, 7) is 1.82. The average molecular weight is 395 g/mol. The van der Waals surface area contributed by atoms with Gasteiger partial charge in [-0.1, -0.05) is 29.5 Å². The minimum atomic E-state index is -0.343. The predicted octanol–water partition coefficient (Wildman–Crippen LogP) is 3.56. The molecule has 0 saturated heterocycles. The van der Waals surface area contributed by atoms with E-state index >= 15 is 0 Å². The average Bonchev–Trinajstić information content (AvgIpc) is 3.40. The molecule has 0 atom stereocenters. The third-order valence-corrected chi connectivity index (χ3v) is 4.82. The zero-order valence-electron chi connectivity index (χ0n) is 16.1. The molecule has 5 rings (SSSR count). The van der Waals surface area contributed by atoms with Crippen molar-refractivity contribution in [3.63, 3.8) is 0 Å². The lowest BCUT2D eigenvalue weighted by molar-refractivity contribution is 0.102. The number of carbonyl (C=O) groups is 1. The summed E-state index contributed by atoms with van der Waals surface area (Å²) in [4.78, 5) is 17.2. The third kappa shape index (κ3) is 3.10. The lowest BCUT2D eigenvalue weighted by Crippen LogP contribution is -2.14. The zero-order valence-corrected chi connectivity index (χ0v) is 16.1. The van der Waals surface area contributed by atoms with Crippen molar-refractivity contribution in [2.75, 3.05) is 5.32 Å². The number of rotatable bonds is 4. The molecule has 0 radical (unpaired) electrons. The van der Waals surface area contributed by atoms with Crippen LogP contribution in [-0.2, 0) is 0 Å². The molecule has 0 fully saturated rings. The summed E-state index contributed by atoms with van der Waals surface area (Å²) >= 11 is 0. The number of amides is 1. The number of benzene rings is 2. The second-order valence-corrected chi connectivity index (χ2v) is 6.75. The van der Waals surface area contributed by atoms with Gasteiger partial charge in [-0.05, 0) is 43.3 Å². The van der Waals surface area contributed by atoms with E-state index in [1.807, 2.05) is 67.6 Å². The highest BCUT2D eigenvalue weighted by atomic mass is 16.2. The molecule has 3 heterocycles. The van der Waals surface area contributed by atoms with Crippen molar-refractivity contribution >= 4 is 22.5 Å². The topological polar surface area (TPSA) is 90.5 Å². The fraction of sp³-hybridized carbons (Fsp3) is 0.0455. The molecule has 0 spiro atoms. The van der Waals surface area contributed by atoms with Gasteiger partial charge in [0.05, 0.1) is 40.7 Å². The maximum absolute atomic E-state index is 12.8. The lowest BCUT2D eigenvalue weighted by Gasteiger charge is -2.07. The van der Waals surface area contributed by atoms with Crippen LogP contribution in [0.2, 0.25) is 0 Å². The lowest BCUT2D eigenvalue weighted by atomic mass is 10.2. The number of carbonyl (C=O) groups excluding carboxylic acids is 1. The molecular weight excluding hydrogens is 378 g/mol. The zero-order chi connectivity index (χ0) is 20.5. The number of aromatic nitrogens is 6. The van der Waals surface area contributed by atoms with Crippen LogP contribution in [-0.4, -0.2) is 35.7 Å². The van der Waals surface area contributed by atoms with Crippen LogP contribution < -0.4 is 5.32 Å². The SMILES string of the molecule is Cc1c(C(=O)Nc2cnn(-c3ccccc3)c2)nnn1-c1cccc2ncccc12. The highest BCUT2D eigenvalue weighted by Gasteiger charge is 2.19. The molecule has 0 aliphatic carbocycles. The van der Waals surface area contributed by atoms with Crippen LogP contribution in [0.4, 0.5) is 5.69 Å². The number of hydrogen-bond donors (Lipinski definition) is 1. The van der Waals surface area contributed by atoms with Gasteiger partial charge >= 0.3 is 0 Å². The Bertz CT molecular complexity index is 1350. The van der Waals surface area contributed by atoms with Crippen molar-refractivity contribution in [2.45, 2.75) is 6.92 Å². The van der Waals surface area contributed by atoms with E-state index in [-0.39, 0.29) is 11.6 Å². The fourth-order valence-electron chi connectivity index (χ4n) is 3.34. The molecule has 8 nitrogen and oxygen atoms in total. The molecule has 1 amide bonds. The van der Waals surface area contributed by atoms with E-state index in [0.717, 1.165) is 22.3 Å². The van der Waals surface area contributed by atoms with E-state index in [9.17, 15) is 4.79 Å². The molecular formula is C22H17N7O. The molecule has 5 aromatic rings. The molecule has 0 bridgehead atoms. The van der Waals surface area contributed by atoms with Crippen molar-refractivity contribution in [1.82, 2.24) is 29.8 Å². The number of para-hydroxylation sites is 1. The predicted molar refractivity (Wildman–Crippen MR) is 113 cm³/mol. The quantitative estimate of drug-likeness (QED) is 0.502. The number of nitrogens with zero attached hydrogens (tertiary/aromatic N) is 6. The first-order valence-electron chi connectivity index (χ1n) is 9.38. The number of fused-ring (bicyclic) bond motifs is 1. The van der Waals surface area contributed by atoms with Crippen LogP contribution >= 0.6 is 0 Å². The minimum absolute atomic E-state index is 0.253. The van der Waals surface area contributed by atoms with Crippen molar-refractivity contribution < 1.29 is 4.79 Å². The highest BCUT2D eigenvalue weighted by Crippen LogP contribution is 2.22. The van der Waals surface area contributed by atoms with Crippen molar-refractivity contribution in [2.24, 2.45) is 0 Å². The molecule has 0 aliphatic heterocycles. The first-order valence-corrected chi connectivity index (χ1v) is 9.38. The monoisotopic (exact) mass is 395 g/mol. The first kappa shape index (κ1) is 17.7. The van der Waals surface area contributed by atoms with E-state index in [2.05, 4.69) is 25.7 Å². The summed E-state index contributed by atoms with van der Waals surface area (Å²) in [6, 6.07) is 19.3. The van der Waals surface area contributed by atoms with Crippen molar-refractivity contribution in [3.8, 4) is 11.4 Å². The van der Waals surface area contributed by atoms with Crippen molar-refractivity contribution in [1.29, 1.82) is 0 Å². The van der Waals surface area contributed by atoms with Crippen LogP contribution in [0, 0.1) is 6.92 Å². The van der Waals surface area contributed by atoms with Gasteiger partial charge in [0.1, 0.15) is 0 Å². The number of hydrogen-bond acceptors (Lipinski definition) is 5. The van der Waals surface area contributed by atoms with Crippen LogP contribution in [0.25, 0.3) is 22.3 Å². The van der Waals surface area contributed by atoms with Crippen LogP contribution in [0.15, 0.2) is 79.3 Å². The number of nitrogens with one attached hydrogen (secondary N) is 1. The Hall–Kier alpha value is -4.33. The fourth-order valence-corrected chi connectivity index (χ4v) is 3.34. The van der Waals surface area contributed by atoms with Gasteiger partial charge in [0, 0.05) is 11.6 Å². The second-order valence-electron chi connectivity index (χ2n) is 6.75. The Labute approximate surface area is 171 Å². The van der Waals surface area contributed by atoms with E-state index < -0.39 is 0 Å². The van der Waals surface area contributed by atoms with Gasteiger partial charge in [-0.3, -0.25) is 9.78 Å². The van der Waals surface area contributed by atoms with Crippen LogP contribution in [0.1, 0.15) is 16.2 Å². The summed E-state index contributed by atoms with van der Waals surface area (Å²) in [7, 11) is 0. The normalized spacial score (nSPS) is 11.0. The van der Waals surface area contributed by atoms with Crippen molar-refractivity contribution in [3.05, 3.63) is 90.6 Å². The van der Waals surface area contributed by atoms with Gasteiger partial charge in [0.15, 0.2) is 5.69 Å². The van der Waals surface area contributed by atoms with Gasteiger partial charge in [0.25, 0.3) is 5.91 Å². The van der Waals surface area contributed by atoms with E-state index in [0.29, 0.717) is 11.4 Å². The summed E-state index contributed by atoms with van der Waals surface area (Å²) in [5.74, 6) is -0.343. The summed E-state index contributed by atoms with van der Waals surface area (Å²) in [5.41, 5.74) is 4.05. The summed E-state index contributed by atoms with van der Waals surface area (Å²) in [6.07, 6.45) is 5.10. The Morgan fingerprint density at radius 3 is 2.73 bits per heavy atom. The van der Waals surface area contributed by atoms with E-state index in [4.69, 9.17) is 0 Å². The molecule has 30 heavy (non-hydrogen) atoms. The second kappa shape index (κ2) is 7.25. The van der Waals surface area contributed by atoms with Gasteiger partial charge in [0.2, 0.25) is 0 Å². The van der Waals surface area contributed by atoms with Gasteiger partial charge < -0.3 is 5.32 Å². The smallest absolute Gasteiger partial charge is 0.278 e. The molecule has 146 valence electrons. The Balaban J connectivity index is 1.43. The molecule has 0 saturated carbocycles. The van der Waals surface area contributed by atoms with E-state index in [1.165, 1.54) is 0 Å². The minimum Gasteiger partial charge on any atom is -0.318 e. The molecule has 2 aromatic carbocycles. The standard InChI is InChI=1S/C22H17N7O/c1-15-21(22(30)25-16-13-24-28(14-16)17-7-3-2-4-8-17)26-27-29(15)20-11-5-10-19-18(20)9-6-12-23-19/h2-14H,1H3,(H,25,30). The maximum Gasteiger partial charge on any atom is 0.278 e. The van der Waals surface area contributed by atoms with Crippen LogP contribution in [0.5, 0.6) is 0 Å². The Morgan fingerprint density at radius 2 is 1.87 bits per heavy atom. The molecule has 0 aliphatic rings. The van der Waals surface area contributed by atoms with Gasteiger partial charge in [-0.25, -0.2) is 9.36 Å². The summed E-state index contributed by atoms with van der Waals surface area (Å²) in [5, 5.41) is 16.4. The number of pyridine rings is 1. The van der Waals surface area contributed by atoms with E-state index in [1.54, 1.807) is 28.0 Å². The third-order valence-electron chi connectivity index (χ3n) is 4.82. The van der Waals surface area contributed by atoms with Crippen LogP contribution in [0.3, 0.4) is 0 Å². The molecule has 1 N–H and O–H groups in total. The first-order chi connectivity index (χ1) is 14.7. The van der Waals surface area contributed by atoms with Gasteiger partial charge in [-0.15, -0.1) is 5.10 Å². The Morgan fingerprint density at radius 1 is 1.00 bits per heavy atom. The number of anilines is 1. The molecule has 8 heteroatoms. The highest BCUT2D eigenvalue weighted by molar-refractivity contribution is 6.03. The van der Waals surface area contributed by atoms with Gasteiger partial charge in [-0.2, -0.15) is 5.10 Å². The summed E-state index contributed by atoms with van der Waals surface area (Å²) < 4.78 is 3.36. The molecule has 0 unspecified atom stereocenters. The largest absolute Gasteiger partial charge is 0.318 e. The molecule has 3 aromatic heterocycles. The Kier molecular flexibility index (Phi) is 4.29.